The number of ketones is 1. The second-order valence-corrected chi connectivity index (χ2v) is 3.75. The molecule has 0 aromatic heterocycles. The smallest absolute Gasteiger partial charge is 0.132 e. The molecule has 1 unspecified atom stereocenters. The van der Waals surface area contributed by atoms with Gasteiger partial charge in [0.1, 0.15) is 5.78 Å². The predicted molar refractivity (Wildman–Crippen MR) is 63.1 cm³/mol. The number of carbonyl (C=O) groups is 1. The molecule has 1 aliphatic rings. The van der Waals surface area contributed by atoms with E-state index in [1.165, 1.54) is 0 Å². The van der Waals surface area contributed by atoms with Gasteiger partial charge in [0, 0.05) is 19.0 Å². The summed E-state index contributed by atoms with van der Waals surface area (Å²) in [6.07, 6.45) is 0.981. The molecule has 90 valence electrons. The van der Waals surface area contributed by atoms with Gasteiger partial charge in [0.2, 0.25) is 0 Å². The van der Waals surface area contributed by atoms with Crippen LogP contribution >= 0.6 is 0 Å². The number of hydrogen-bond donors (Lipinski definition) is 0. The Kier molecular flexibility index (Phi) is 8.62. The fourth-order valence-corrected chi connectivity index (χ4v) is 1.40. The van der Waals surface area contributed by atoms with E-state index in [1.807, 2.05) is 20.8 Å². The van der Waals surface area contributed by atoms with Crippen LogP contribution in [0.5, 0.6) is 0 Å². The molecule has 3 nitrogen and oxygen atoms in total. The highest BCUT2D eigenvalue weighted by atomic mass is 16.5. The van der Waals surface area contributed by atoms with Crippen molar-refractivity contribution in [3.8, 4) is 0 Å². The summed E-state index contributed by atoms with van der Waals surface area (Å²) in [6.45, 7) is 12.4. The molecule has 0 aliphatic carbocycles. The Hall–Kier alpha value is -0.410. The first-order valence-electron chi connectivity index (χ1n) is 6.00. The lowest BCUT2D eigenvalue weighted by atomic mass is 10.0. The molecule has 1 heterocycles. The summed E-state index contributed by atoms with van der Waals surface area (Å²) in [6, 6.07) is 0. The van der Waals surface area contributed by atoms with Crippen LogP contribution in [0.1, 0.15) is 34.1 Å². The lowest BCUT2D eigenvalue weighted by molar-refractivity contribution is -0.120. The van der Waals surface area contributed by atoms with E-state index in [0.29, 0.717) is 5.78 Å². The number of ether oxygens (including phenoxy) is 1. The van der Waals surface area contributed by atoms with E-state index < -0.39 is 0 Å². The second kappa shape index (κ2) is 8.86. The maximum atomic E-state index is 11.0. The van der Waals surface area contributed by atoms with Crippen molar-refractivity contribution in [1.29, 1.82) is 0 Å². The Labute approximate surface area is 93.8 Å². The van der Waals surface area contributed by atoms with Crippen LogP contribution in [0.3, 0.4) is 0 Å². The van der Waals surface area contributed by atoms with Gasteiger partial charge in [-0.25, -0.2) is 0 Å². The Balaban J connectivity index is 0.000000921. The molecule has 0 aromatic carbocycles. The Bertz CT molecular complexity index is 165. The van der Waals surface area contributed by atoms with Crippen molar-refractivity contribution in [1.82, 2.24) is 4.90 Å². The van der Waals surface area contributed by atoms with Gasteiger partial charge in [-0.3, -0.25) is 9.69 Å². The van der Waals surface area contributed by atoms with Crippen LogP contribution in [0.2, 0.25) is 0 Å². The summed E-state index contributed by atoms with van der Waals surface area (Å²) in [7, 11) is 0. The third-order valence-corrected chi connectivity index (χ3v) is 2.68. The summed E-state index contributed by atoms with van der Waals surface area (Å²) in [5, 5.41) is 0. The summed E-state index contributed by atoms with van der Waals surface area (Å²) < 4.78 is 5.25. The van der Waals surface area contributed by atoms with Crippen molar-refractivity contribution >= 4 is 5.78 Å². The minimum absolute atomic E-state index is 0.211. The van der Waals surface area contributed by atoms with Crippen LogP contribution in [0, 0.1) is 5.92 Å². The van der Waals surface area contributed by atoms with Gasteiger partial charge in [-0.2, -0.15) is 0 Å². The molecule has 1 fully saturated rings. The molecular weight excluding hydrogens is 190 g/mol. The van der Waals surface area contributed by atoms with Gasteiger partial charge in [0.25, 0.3) is 0 Å². The van der Waals surface area contributed by atoms with Gasteiger partial charge in [0.15, 0.2) is 0 Å². The molecule has 1 rings (SSSR count). The van der Waals surface area contributed by atoms with Crippen LogP contribution in [-0.4, -0.2) is 43.5 Å². The summed E-state index contributed by atoms with van der Waals surface area (Å²) in [4.78, 5) is 13.3. The predicted octanol–water partition coefficient (Wildman–Crippen LogP) is 1.96. The fourth-order valence-electron chi connectivity index (χ4n) is 1.40. The molecule has 1 aliphatic heterocycles. The molecule has 0 saturated carbocycles. The van der Waals surface area contributed by atoms with Gasteiger partial charge in [-0.15, -0.1) is 0 Å². The van der Waals surface area contributed by atoms with Gasteiger partial charge in [-0.05, 0) is 19.9 Å². The van der Waals surface area contributed by atoms with Gasteiger partial charge < -0.3 is 4.74 Å². The average molecular weight is 215 g/mol. The lowest BCUT2D eigenvalue weighted by Gasteiger charge is -2.27. The molecule has 0 spiro atoms. The normalized spacial score (nSPS) is 18.9. The highest BCUT2D eigenvalue weighted by molar-refractivity contribution is 5.77. The number of Topliss-reactive ketones (excluding diaryl/α,β-unsaturated/α-hetero) is 1. The van der Waals surface area contributed by atoms with Crippen molar-refractivity contribution < 1.29 is 9.53 Å². The Morgan fingerprint density at radius 1 is 1.33 bits per heavy atom. The fraction of sp³-hybridized carbons (Fsp3) is 0.917. The van der Waals surface area contributed by atoms with Crippen molar-refractivity contribution in [2.24, 2.45) is 5.92 Å². The highest BCUT2D eigenvalue weighted by Gasteiger charge is 2.13. The van der Waals surface area contributed by atoms with Crippen molar-refractivity contribution in [2.45, 2.75) is 34.1 Å². The van der Waals surface area contributed by atoms with Crippen molar-refractivity contribution in [2.75, 3.05) is 32.8 Å². The molecule has 1 saturated heterocycles. The van der Waals surface area contributed by atoms with Crippen LogP contribution in [0.4, 0.5) is 0 Å². The molecule has 0 amide bonds. The SMILES string of the molecule is CC.CC(=O)C(C)CCN1CCOCC1. The van der Waals surface area contributed by atoms with E-state index in [1.54, 1.807) is 6.92 Å². The number of rotatable bonds is 4. The van der Waals surface area contributed by atoms with E-state index in [9.17, 15) is 4.79 Å². The minimum Gasteiger partial charge on any atom is -0.379 e. The number of morpholine rings is 1. The third kappa shape index (κ3) is 6.63. The number of carbonyl (C=O) groups excluding carboxylic acids is 1. The van der Waals surface area contributed by atoms with E-state index in [4.69, 9.17) is 4.74 Å². The standard InChI is InChI=1S/C10H19NO2.C2H6/c1-9(10(2)12)3-4-11-5-7-13-8-6-11;1-2/h9H,3-8H2,1-2H3;1-2H3. The molecule has 1 atom stereocenters. The van der Waals surface area contributed by atoms with Crippen molar-refractivity contribution in [3.05, 3.63) is 0 Å². The Morgan fingerprint density at radius 3 is 2.33 bits per heavy atom. The van der Waals surface area contributed by atoms with Crippen molar-refractivity contribution in [3.63, 3.8) is 0 Å². The maximum Gasteiger partial charge on any atom is 0.132 e. The van der Waals surface area contributed by atoms with Gasteiger partial charge in [-0.1, -0.05) is 20.8 Å². The van der Waals surface area contributed by atoms with E-state index >= 15 is 0 Å². The molecule has 0 N–H and O–H groups in total. The molecule has 0 bridgehead atoms. The van der Waals surface area contributed by atoms with Crippen LogP contribution < -0.4 is 0 Å². The highest BCUT2D eigenvalue weighted by Crippen LogP contribution is 2.06. The summed E-state index contributed by atoms with van der Waals surface area (Å²) in [5.41, 5.74) is 0. The van der Waals surface area contributed by atoms with Gasteiger partial charge in [0.05, 0.1) is 13.2 Å². The number of hydrogen-bond acceptors (Lipinski definition) is 3. The molecule has 15 heavy (non-hydrogen) atoms. The zero-order valence-electron chi connectivity index (χ0n) is 10.6. The van der Waals surface area contributed by atoms with Gasteiger partial charge >= 0.3 is 0 Å². The van der Waals surface area contributed by atoms with E-state index in [-0.39, 0.29) is 5.92 Å². The first-order chi connectivity index (χ1) is 7.20. The van der Waals surface area contributed by atoms with E-state index in [0.717, 1.165) is 39.3 Å². The third-order valence-electron chi connectivity index (χ3n) is 2.68. The first-order valence-corrected chi connectivity index (χ1v) is 6.00. The molecule has 0 radical (unpaired) electrons. The largest absolute Gasteiger partial charge is 0.379 e. The quantitative estimate of drug-likeness (QED) is 0.718. The second-order valence-electron chi connectivity index (χ2n) is 3.75. The molecular formula is C12H25NO2. The molecule has 3 heteroatoms. The zero-order chi connectivity index (χ0) is 11.7. The van der Waals surface area contributed by atoms with Crippen LogP contribution in [0.15, 0.2) is 0 Å². The maximum absolute atomic E-state index is 11.0. The minimum atomic E-state index is 0.211. The Morgan fingerprint density at radius 2 is 1.87 bits per heavy atom. The van der Waals surface area contributed by atoms with Crippen LogP contribution in [-0.2, 0) is 9.53 Å². The summed E-state index contributed by atoms with van der Waals surface area (Å²) in [5.74, 6) is 0.510. The van der Waals surface area contributed by atoms with Crippen LogP contribution in [0.25, 0.3) is 0 Å². The zero-order valence-corrected chi connectivity index (χ0v) is 10.6. The lowest BCUT2D eigenvalue weighted by Crippen LogP contribution is -2.37. The number of nitrogens with zero attached hydrogens (tertiary/aromatic N) is 1. The average Bonchev–Trinajstić information content (AvgIpc) is 2.30. The first kappa shape index (κ1) is 14.6. The summed E-state index contributed by atoms with van der Waals surface area (Å²) >= 11 is 0. The van der Waals surface area contributed by atoms with E-state index in [2.05, 4.69) is 4.90 Å². The molecule has 0 aromatic rings. The monoisotopic (exact) mass is 215 g/mol. The topological polar surface area (TPSA) is 29.5 Å².